The number of benzene rings is 1. The first-order valence-corrected chi connectivity index (χ1v) is 13.9. The van der Waals surface area contributed by atoms with Crippen molar-refractivity contribution in [2.45, 2.75) is 103 Å². The summed E-state index contributed by atoms with van der Waals surface area (Å²) in [6.07, 6.45) is 13.0. The lowest BCUT2D eigenvalue weighted by atomic mass is 10.0. The molecular formula is C25H43NO5S. The Kier molecular flexibility index (Phi) is 14.1. The first kappa shape index (κ1) is 28.3. The zero-order valence-electron chi connectivity index (χ0n) is 20.2. The van der Waals surface area contributed by atoms with Crippen molar-refractivity contribution in [1.82, 2.24) is 0 Å². The Morgan fingerprint density at radius 1 is 0.875 bits per heavy atom. The van der Waals surface area contributed by atoms with Gasteiger partial charge in [0.05, 0.1) is 11.4 Å². The van der Waals surface area contributed by atoms with Gasteiger partial charge in [0.1, 0.15) is 5.75 Å². The summed E-state index contributed by atoms with van der Waals surface area (Å²) < 4.78 is 31.6. The predicted octanol–water partition coefficient (Wildman–Crippen LogP) is 6.40. The van der Waals surface area contributed by atoms with E-state index in [1.54, 1.807) is 24.3 Å². The molecule has 1 unspecified atom stereocenters. The summed E-state index contributed by atoms with van der Waals surface area (Å²) in [6.45, 7) is 4.18. The highest BCUT2D eigenvalue weighted by Gasteiger charge is 2.20. The summed E-state index contributed by atoms with van der Waals surface area (Å²) in [4.78, 5) is 11.6. The number of carboxylic acids is 1. The van der Waals surface area contributed by atoms with Gasteiger partial charge in [-0.05, 0) is 43.5 Å². The fourth-order valence-electron chi connectivity index (χ4n) is 3.57. The zero-order chi connectivity index (χ0) is 23.8. The molecule has 1 atom stereocenters. The number of carboxylic acid groups (broad SMARTS) is 1. The molecule has 6 nitrogen and oxygen atoms in total. The van der Waals surface area contributed by atoms with Crippen LogP contribution in [0.1, 0.15) is 97.3 Å². The summed E-state index contributed by atoms with van der Waals surface area (Å²) in [7, 11) is -1.82. The number of nitrogens with zero attached hydrogens (tertiary/aromatic N) is 1. The van der Waals surface area contributed by atoms with Crippen molar-refractivity contribution in [3.63, 3.8) is 0 Å². The normalized spacial score (nSPS) is 12.5. The van der Waals surface area contributed by atoms with Crippen molar-refractivity contribution < 1.29 is 23.1 Å². The fourth-order valence-corrected chi connectivity index (χ4v) is 4.94. The van der Waals surface area contributed by atoms with Crippen LogP contribution >= 0.6 is 0 Å². The highest BCUT2D eigenvalue weighted by atomic mass is 32.2. The van der Waals surface area contributed by atoms with Crippen molar-refractivity contribution in [2.24, 2.45) is 0 Å². The van der Waals surface area contributed by atoms with E-state index >= 15 is 0 Å². The molecule has 0 radical (unpaired) electrons. The minimum Gasteiger partial charge on any atom is -0.479 e. The second-order valence-corrected chi connectivity index (χ2v) is 10.7. The first-order valence-electron chi connectivity index (χ1n) is 12.3. The average molecular weight is 470 g/mol. The quantitative estimate of drug-likeness (QED) is 0.237. The molecule has 0 spiro atoms. The van der Waals surface area contributed by atoms with E-state index in [1.807, 2.05) is 6.92 Å². The summed E-state index contributed by atoms with van der Waals surface area (Å²) in [5.74, 6) is -0.421. The van der Waals surface area contributed by atoms with E-state index in [0.29, 0.717) is 24.3 Å². The molecule has 7 heteroatoms. The third-order valence-corrected chi connectivity index (χ3v) is 7.60. The van der Waals surface area contributed by atoms with Crippen molar-refractivity contribution in [3.8, 4) is 5.75 Å². The Hall–Kier alpha value is -1.76. The number of unbranched alkanes of at least 4 members (excludes halogenated alkanes) is 10. The average Bonchev–Trinajstić information content (AvgIpc) is 2.78. The van der Waals surface area contributed by atoms with Crippen LogP contribution in [-0.2, 0) is 14.8 Å². The molecule has 184 valence electrons. The molecule has 1 N–H and O–H groups in total. The van der Waals surface area contributed by atoms with Gasteiger partial charge in [-0.3, -0.25) is 4.31 Å². The maximum Gasteiger partial charge on any atom is 0.344 e. The standard InChI is InChI=1S/C25H43NO5S/c1-4-6-8-9-10-11-12-13-14-15-16-24(25(27)28)31-23-19-17-22(18-20-23)26(3)32(29,30)21-7-5-2/h17-20,24H,4-16,21H2,1-3H3,(H,27,28). The van der Waals surface area contributed by atoms with E-state index in [4.69, 9.17) is 4.74 Å². The van der Waals surface area contributed by atoms with E-state index in [-0.39, 0.29) is 5.75 Å². The van der Waals surface area contributed by atoms with E-state index in [1.165, 1.54) is 56.3 Å². The minimum absolute atomic E-state index is 0.109. The van der Waals surface area contributed by atoms with Gasteiger partial charge in [-0.1, -0.05) is 78.1 Å². The van der Waals surface area contributed by atoms with Crippen LogP contribution in [0, 0.1) is 0 Å². The highest BCUT2D eigenvalue weighted by molar-refractivity contribution is 7.92. The molecule has 0 amide bonds. The Morgan fingerprint density at radius 2 is 1.38 bits per heavy atom. The Balaban J connectivity index is 2.41. The molecule has 1 aromatic carbocycles. The number of ether oxygens (including phenoxy) is 1. The van der Waals surface area contributed by atoms with Crippen LogP contribution in [-0.4, -0.2) is 38.4 Å². The molecule has 0 bridgehead atoms. The Bertz CT molecular complexity index is 733. The number of sulfonamides is 1. The van der Waals surface area contributed by atoms with Gasteiger partial charge in [0.25, 0.3) is 0 Å². The largest absolute Gasteiger partial charge is 0.479 e. The second-order valence-electron chi connectivity index (χ2n) is 8.55. The van der Waals surface area contributed by atoms with Gasteiger partial charge in [0.15, 0.2) is 6.10 Å². The number of aliphatic carboxylic acids is 1. The van der Waals surface area contributed by atoms with Crippen LogP contribution in [0.25, 0.3) is 0 Å². The van der Waals surface area contributed by atoms with Crippen LogP contribution in [0.2, 0.25) is 0 Å². The number of anilines is 1. The Morgan fingerprint density at radius 3 is 1.88 bits per heavy atom. The summed E-state index contributed by atoms with van der Waals surface area (Å²) >= 11 is 0. The molecule has 0 aliphatic carbocycles. The molecule has 0 saturated heterocycles. The van der Waals surface area contributed by atoms with Crippen LogP contribution in [0.4, 0.5) is 5.69 Å². The summed E-state index contributed by atoms with van der Waals surface area (Å²) in [5.41, 5.74) is 0.537. The fraction of sp³-hybridized carbons (Fsp3) is 0.720. The topological polar surface area (TPSA) is 83.9 Å². The molecule has 0 aliphatic rings. The number of carbonyl (C=O) groups is 1. The lowest BCUT2D eigenvalue weighted by Crippen LogP contribution is -2.29. The minimum atomic E-state index is -3.35. The summed E-state index contributed by atoms with van der Waals surface area (Å²) in [5, 5.41) is 9.50. The SMILES string of the molecule is CCCCCCCCCCCCC(Oc1ccc(N(C)S(=O)(=O)CCCC)cc1)C(=O)O. The van der Waals surface area contributed by atoms with E-state index < -0.39 is 22.1 Å². The van der Waals surface area contributed by atoms with E-state index in [0.717, 1.165) is 25.7 Å². The molecular weight excluding hydrogens is 426 g/mol. The van der Waals surface area contributed by atoms with Crippen molar-refractivity contribution in [2.75, 3.05) is 17.1 Å². The summed E-state index contributed by atoms with van der Waals surface area (Å²) in [6, 6.07) is 6.57. The van der Waals surface area contributed by atoms with Crippen LogP contribution in [0.3, 0.4) is 0 Å². The number of hydrogen-bond donors (Lipinski definition) is 1. The highest BCUT2D eigenvalue weighted by Crippen LogP contribution is 2.23. The molecule has 32 heavy (non-hydrogen) atoms. The van der Waals surface area contributed by atoms with Crippen LogP contribution in [0.5, 0.6) is 5.75 Å². The van der Waals surface area contributed by atoms with Crippen molar-refractivity contribution in [3.05, 3.63) is 24.3 Å². The van der Waals surface area contributed by atoms with Crippen molar-refractivity contribution >= 4 is 21.7 Å². The molecule has 0 aromatic heterocycles. The lowest BCUT2D eigenvalue weighted by Gasteiger charge is -2.20. The van der Waals surface area contributed by atoms with Gasteiger partial charge in [0, 0.05) is 7.05 Å². The van der Waals surface area contributed by atoms with Gasteiger partial charge in [0.2, 0.25) is 10.0 Å². The van der Waals surface area contributed by atoms with Crippen molar-refractivity contribution in [1.29, 1.82) is 0 Å². The second kappa shape index (κ2) is 15.9. The maximum atomic E-state index is 12.3. The number of rotatable bonds is 19. The molecule has 0 aliphatic heterocycles. The Labute approximate surface area is 195 Å². The van der Waals surface area contributed by atoms with Crippen LogP contribution in [0.15, 0.2) is 24.3 Å². The maximum absolute atomic E-state index is 12.3. The third kappa shape index (κ3) is 11.2. The number of hydrogen-bond acceptors (Lipinski definition) is 4. The lowest BCUT2D eigenvalue weighted by molar-refractivity contribution is -0.145. The molecule has 0 heterocycles. The monoisotopic (exact) mass is 469 g/mol. The van der Waals surface area contributed by atoms with Gasteiger partial charge in [-0.2, -0.15) is 0 Å². The molecule has 0 fully saturated rings. The predicted molar refractivity (Wildman–Crippen MR) is 132 cm³/mol. The smallest absolute Gasteiger partial charge is 0.344 e. The molecule has 1 aromatic rings. The van der Waals surface area contributed by atoms with Crippen LogP contribution < -0.4 is 9.04 Å². The van der Waals surface area contributed by atoms with E-state index in [9.17, 15) is 18.3 Å². The van der Waals surface area contributed by atoms with Gasteiger partial charge in [-0.25, -0.2) is 13.2 Å². The third-order valence-electron chi connectivity index (χ3n) is 5.75. The zero-order valence-corrected chi connectivity index (χ0v) is 21.0. The molecule has 1 rings (SSSR count). The molecule has 0 saturated carbocycles. The van der Waals surface area contributed by atoms with Gasteiger partial charge in [-0.15, -0.1) is 0 Å². The van der Waals surface area contributed by atoms with Gasteiger partial charge < -0.3 is 9.84 Å². The first-order chi connectivity index (χ1) is 15.3. The van der Waals surface area contributed by atoms with E-state index in [2.05, 4.69) is 6.92 Å². The van der Waals surface area contributed by atoms with Gasteiger partial charge >= 0.3 is 5.97 Å².